The van der Waals surface area contributed by atoms with Crippen molar-refractivity contribution >= 4 is 20.2 Å². The number of aliphatic hydroxyl groups is 2. The summed E-state index contributed by atoms with van der Waals surface area (Å²) in [7, 11) is -8.91. The third kappa shape index (κ3) is 8.95. The molecule has 0 saturated carbocycles. The highest BCUT2D eigenvalue weighted by Crippen LogP contribution is 1.88. The van der Waals surface area contributed by atoms with Crippen molar-refractivity contribution in [1.82, 2.24) is 0 Å². The summed E-state index contributed by atoms with van der Waals surface area (Å²) < 4.78 is 63.2. The number of nitrogens with one attached hydrogen (secondary N) is 2. The lowest BCUT2D eigenvalue weighted by molar-refractivity contribution is -1.01. The second-order valence-corrected chi connectivity index (χ2v) is 8.56. The fourth-order valence-corrected chi connectivity index (χ4v) is 3.80. The van der Waals surface area contributed by atoms with Crippen LogP contribution in [0, 0.1) is 0 Å². The lowest BCUT2D eigenvalue weighted by Gasteiger charge is -2.31. The molecule has 1 rings (SSSR count). The molecule has 0 bridgehead atoms. The number of hydrogen-bond acceptors (Lipinski definition) is 8. The van der Waals surface area contributed by atoms with Crippen LogP contribution >= 0.6 is 0 Å². The molecule has 12 heteroatoms. The first-order valence-corrected chi connectivity index (χ1v) is 10.0. The van der Waals surface area contributed by atoms with E-state index in [1.165, 1.54) is 0 Å². The van der Waals surface area contributed by atoms with Gasteiger partial charge in [-0.1, -0.05) is 0 Å². The molecule has 0 aromatic heterocycles. The number of hydrogen-bond donors (Lipinski definition) is 4. The number of rotatable bonds is 8. The zero-order chi connectivity index (χ0) is 17.0. The molecule has 0 aliphatic carbocycles. The van der Waals surface area contributed by atoms with E-state index in [2.05, 4.69) is 0 Å². The molecular weight excluding hydrogens is 340 g/mol. The van der Waals surface area contributed by atoms with E-state index in [0.717, 1.165) is 9.80 Å². The van der Waals surface area contributed by atoms with Gasteiger partial charge in [-0.3, -0.25) is 0 Å². The highest BCUT2D eigenvalue weighted by molar-refractivity contribution is 7.85. The summed E-state index contributed by atoms with van der Waals surface area (Å²) in [6, 6.07) is 0. The first-order chi connectivity index (χ1) is 9.94. The summed E-state index contributed by atoms with van der Waals surface area (Å²) in [5, 5.41) is 19.1. The van der Waals surface area contributed by atoms with Crippen LogP contribution in [-0.4, -0.2) is 99.1 Å². The Morgan fingerprint density at radius 3 is 1.27 bits per heavy atom. The van der Waals surface area contributed by atoms with Crippen molar-refractivity contribution < 1.29 is 46.0 Å². The van der Waals surface area contributed by atoms with Gasteiger partial charge in [0, 0.05) is 0 Å². The van der Waals surface area contributed by atoms with E-state index < -0.39 is 43.9 Å². The van der Waals surface area contributed by atoms with Gasteiger partial charge in [0.25, 0.3) is 0 Å². The highest BCUT2D eigenvalue weighted by atomic mass is 32.2. The van der Waals surface area contributed by atoms with E-state index in [-0.39, 0.29) is 13.1 Å². The molecule has 0 aromatic carbocycles. The maximum atomic E-state index is 10.5. The highest BCUT2D eigenvalue weighted by Gasteiger charge is 2.27. The van der Waals surface area contributed by atoms with Crippen molar-refractivity contribution in [2.24, 2.45) is 0 Å². The molecule has 22 heavy (non-hydrogen) atoms. The van der Waals surface area contributed by atoms with E-state index in [1.54, 1.807) is 0 Å². The Morgan fingerprint density at radius 1 is 0.773 bits per heavy atom. The van der Waals surface area contributed by atoms with E-state index in [9.17, 15) is 36.2 Å². The van der Waals surface area contributed by atoms with Gasteiger partial charge in [0.2, 0.25) is 0 Å². The van der Waals surface area contributed by atoms with Gasteiger partial charge >= 0.3 is 0 Å². The zero-order valence-corrected chi connectivity index (χ0v) is 13.6. The minimum atomic E-state index is -4.46. The van der Waals surface area contributed by atoms with Gasteiger partial charge in [-0.2, -0.15) is 0 Å². The first kappa shape index (κ1) is 19.7. The van der Waals surface area contributed by atoms with E-state index in [4.69, 9.17) is 0 Å². The molecule has 1 fully saturated rings. The van der Waals surface area contributed by atoms with Crippen LogP contribution < -0.4 is 9.80 Å². The van der Waals surface area contributed by atoms with Gasteiger partial charge in [-0.25, -0.2) is 16.8 Å². The Bertz CT molecular complexity index is 491. The smallest absolute Gasteiger partial charge is 0.127 e. The van der Waals surface area contributed by atoms with E-state index in [0.29, 0.717) is 26.2 Å². The molecule has 0 radical (unpaired) electrons. The van der Waals surface area contributed by atoms with Crippen LogP contribution in [0.1, 0.15) is 0 Å². The topological polar surface area (TPSA) is 164 Å². The maximum absolute atomic E-state index is 10.5. The summed E-state index contributed by atoms with van der Waals surface area (Å²) >= 11 is 0. The molecule has 0 aromatic rings. The van der Waals surface area contributed by atoms with Gasteiger partial charge in [0.1, 0.15) is 51.5 Å². The Morgan fingerprint density at radius 2 is 1.05 bits per heavy atom. The average Bonchev–Trinajstić information content (AvgIpc) is 2.26. The van der Waals surface area contributed by atoms with Crippen molar-refractivity contribution in [2.75, 3.05) is 50.8 Å². The summed E-state index contributed by atoms with van der Waals surface area (Å²) in [6.07, 6.45) is -2.43. The molecule has 10 nitrogen and oxygen atoms in total. The maximum Gasteiger partial charge on any atom is 0.127 e. The second kappa shape index (κ2) is 7.97. The quantitative estimate of drug-likeness (QED) is 0.310. The molecule has 1 aliphatic rings. The molecular formula is C10H22N2O8S2. The van der Waals surface area contributed by atoms with Crippen LogP contribution in [-0.2, 0) is 20.2 Å². The first-order valence-electron chi connectivity index (χ1n) is 6.85. The normalized spacial score (nSPS) is 26.5. The van der Waals surface area contributed by atoms with Crippen LogP contribution in [0.3, 0.4) is 0 Å². The lowest BCUT2D eigenvalue weighted by Crippen LogP contribution is -3.29. The molecule has 1 saturated heterocycles. The zero-order valence-electron chi connectivity index (χ0n) is 12.0. The minimum Gasteiger partial charge on any atom is -0.748 e. The molecule has 0 unspecified atom stereocenters. The Balaban J connectivity index is 2.31. The predicted molar refractivity (Wildman–Crippen MR) is 72.3 cm³/mol. The van der Waals surface area contributed by atoms with Gasteiger partial charge in [0.15, 0.2) is 0 Å². The summed E-state index contributed by atoms with van der Waals surface area (Å²) in [5.74, 6) is -1.62. The van der Waals surface area contributed by atoms with Gasteiger partial charge in [0.05, 0.1) is 31.7 Å². The summed E-state index contributed by atoms with van der Waals surface area (Å²) in [6.45, 7) is 2.63. The van der Waals surface area contributed by atoms with Crippen LogP contribution in [0.5, 0.6) is 0 Å². The monoisotopic (exact) mass is 362 g/mol. The minimum absolute atomic E-state index is 0.145. The van der Waals surface area contributed by atoms with Crippen LogP contribution in [0.2, 0.25) is 0 Å². The van der Waals surface area contributed by atoms with Gasteiger partial charge in [-0.05, 0) is 0 Å². The molecule has 132 valence electrons. The number of piperazine rings is 1. The fraction of sp³-hybridized carbons (Fsp3) is 1.00. The van der Waals surface area contributed by atoms with Crippen molar-refractivity contribution in [3.63, 3.8) is 0 Å². The van der Waals surface area contributed by atoms with Crippen molar-refractivity contribution in [1.29, 1.82) is 0 Å². The number of aliphatic hydroxyl groups excluding tert-OH is 2. The van der Waals surface area contributed by atoms with Gasteiger partial charge < -0.3 is 29.1 Å². The largest absolute Gasteiger partial charge is 0.748 e. The Kier molecular flexibility index (Phi) is 7.14. The third-order valence-electron chi connectivity index (χ3n) is 3.51. The van der Waals surface area contributed by atoms with Gasteiger partial charge in [-0.15, -0.1) is 0 Å². The van der Waals surface area contributed by atoms with Crippen LogP contribution in [0.25, 0.3) is 0 Å². The van der Waals surface area contributed by atoms with Crippen molar-refractivity contribution in [2.45, 2.75) is 12.2 Å². The summed E-state index contributed by atoms with van der Waals surface area (Å²) in [4.78, 5) is 1.87. The van der Waals surface area contributed by atoms with Crippen molar-refractivity contribution in [3.8, 4) is 0 Å². The van der Waals surface area contributed by atoms with E-state index >= 15 is 0 Å². The SMILES string of the molecule is O=S(=O)([O-])C[C@H](O)C[NH+]1CC[NH+](C[C@H](O)CS(=O)(=O)[O-])CC1. The third-order valence-corrected chi connectivity index (χ3v) is 5.09. The Labute approximate surface area is 129 Å². The molecule has 0 spiro atoms. The molecule has 4 N–H and O–H groups in total. The van der Waals surface area contributed by atoms with E-state index in [1.807, 2.05) is 0 Å². The van der Waals surface area contributed by atoms with Crippen molar-refractivity contribution in [3.05, 3.63) is 0 Å². The fourth-order valence-electron chi connectivity index (χ4n) is 2.62. The molecule has 2 atom stereocenters. The standard InChI is InChI=1S/C10H22N2O8S2/c13-9(7-21(15,16)17)5-11-1-2-12(4-3-11)6-10(14)8-22(18,19)20/h9-10,13-14H,1-8H2,(H,15,16,17)(H,18,19,20)/t9-,10+. The average molecular weight is 362 g/mol. The van der Waals surface area contributed by atoms with Crippen LogP contribution in [0.15, 0.2) is 0 Å². The molecule has 1 heterocycles. The Hall–Kier alpha value is -0.340. The molecule has 0 amide bonds. The molecule has 1 aliphatic heterocycles. The van der Waals surface area contributed by atoms with Crippen LogP contribution in [0.4, 0.5) is 0 Å². The second-order valence-electron chi connectivity index (χ2n) is 5.66. The summed E-state index contributed by atoms with van der Waals surface area (Å²) in [5.41, 5.74) is 0. The number of quaternary nitrogens is 2. The predicted octanol–water partition coefficient (Wildman–Crippen LogP) is -6.42. The lowest BCUT2D eigenvalue weighted by atomic mass is 10.2.